The summed E-state index contributed by atoms with van der Waals surface area (Å²) in [6.07, 6.45) is 0. The van der Waals surface area contributed by atoms with E-state index in [-0.39, 0.29) is 5.82 Å². The first-order chi connectivity index (χ1) is 14.5. The van der Waals surface area contributed by atoms with Crippen molar-refractivity contribution in [2.24, 2.45) is 0 Å². The maximum Gasteiger partial charge on any atom is 0.348 e. The van der Waals surface area contributed by atoms with Crippen molar-refractivity contribution in [1.82, 2.24) is 10.9 Å². The fraction of sp³-hybridized carbons (Fsp3) is 0.0952. The lowest BCUT2D eigenvalue weighted by molar-refractivity contribution is -0.125. The van der Waals surface area contributed by atoms with Crippen LogP contribution < -0.4 is 15.6 Å². The summed E-state index contributed by atoms with van der Waals surface area (Å²) in [6.45, 7) is -0.564. The fourth-order valence-electron chi connectivity index (χ4n) is 2.40. The maximum absolute atomic E-state index is 13.0. The summed E-state index contributed by atoms with van der Waals surface area (Å²) in [5.41, 5.74) is 5.49. The molecule has 9 heteroatoms. The number of halogens is 1. The second-order valence-electron chi connectivity index (χ2n) is 5.98. The second kappa shape index (κ2) is 9.66. The molecule has 0 radical (unpaired) electrons. The number of nitrogens with one attached hydrogen (secondary N) is 2. The van der Waals surface area contributed by atoms with Gasteiger partial charge in [0, 0.05) is 10.4 Å². The molecule has 2 amide bonds. The van der Waals surface area contributed by atoms with E-state index in [1.807, 2.05) is 0 Å². The van der Waals surface area contributed by atoms with Crippen molar-refractivity contribution in [3.05, 3.63) is 76.9 Å². The van der Waals surface area contributed by atoms with E-state index in [1.54, 1.807) is 36.4 Å². The minimum Gasteiger partial charge on any atom is -0.497 e. The van der Waals surface area contributed by atoms with Crippen molar-refractivity contribution in [2.75, 3.05) is 13.7 Å². The zero-order valence-electron chi connectivity index (χ0n) is 15.8. The molecule has 0 aliphatic heterocycles. The molecule has 0 aliphatic rings. The van der Waals surface area contributed by atoms with Gasteiger partial charge in [-0.15, -0.1) is 11.3 Å². The summed E-state index contributed by atoms with van der Waals surface area (Å²) in [4.78, 5) is 37.0. The number of carbonyl (C=O) groups excluding carboxylic acids is 3. The molecule has 2 aromatic carbocycles. The Kier molecular flexibility index (Phi) is 6.76. The molecule has 2 N–H and O–H groups in total. The van der Waals surface area contributed by atoms with Crippen molar-refractivity contribution in [2.45, 2.75) is 0 Å². The third-order valence-electron chi connectivity index (χ3n) is 3.94. The van der Waals surface area contributed by atoms with E-state index in [0.717, 1.165) is 21.8 Å². The lowest BCUT2D eigenvalue weighted by Gasteiger charge is -2.08. The van der Waals surface area contributed by atoms with Gasteiger partial charge in [-0.1, -0.05) is 12.1 Å². The molecule has 0 fully saturated rings. The van der Waals surface area contributed by atoms with Crippen LogP contribution in [0.2, 0.25) is 0 Å². The largest absolute Gasteiger partial charge is 0.497 e. The summed E-state index contributed by atoms with van der Waals surface area (Å²) < 4.78 is 23.0. The van der Waals surface area contributed by atoms with Crippen molar-refractivity contribution < 1.29 is 28.2 Å². The number of hydrazine groups is 1. The monoisotopic (exact) mass is 428 g/mol. The van der Waals surface area contributed by atoms with Crippen LogP contribution >= 0.6 is 11.3 Å². The fourth-order valence-corrected chi connectivity index (χ4v) is 3.30. The van der Waals surface area contributed by atoms with Crippen LogP contribution in [-0.4, -0.2) is 31.5 Å². The summed E-state index contributed by atoms with van der Waals surface area (Å²) in [5.74, 6) is -1.65. The average molecular weight is 428 g/mol. The smallest absolute Gasteiger partial charge is 0.348 e. The Labute approximate surface area is 175 Å². The van der Waals surface area contributed by atoms with Gasteiger partial charge in [0.05, 0.1) is 7.11 Å². The predicted octanol–water partition coefficient (Wildman–Crippen LogP) is 3.18. The molecule has 30 heavy (non-hydrogen) atoms. The molecule has 0 atom stereocenters. The molecule has 3 rings (SSSR count). The maximum atomic E-state index is 13.0. The average Bonchev–Trinajstić information content (AvgIpc) is 3.26. The Morgan fingerprint density at radius 1 is 0.933 bits per heavy atom. The molecular weight excluding hydrogens is 411 g/mol. The Morgan fingerprint density at radius 2 is 1.63 bits per heavy atom. The number of methoxy groups -OCH3 is 1. The van der Waals surface area contributed by atoms with Gasteiger partial charge in [-0.25, -0.2) is 9.18 Å². The van der Waals surface area contributed by atoms with Gasteiger partial charge in [-0.2, -0.15) is 0 Å². The van der Waals surface area contributed by atoms with E-state index in [2.05, 4.69) is 10.9 Å². The van der Waals surface area contributed by atoms with Gasteiger partial charge in [0.2, 0.25) is 0 Å². The van der Waals surface area contributed by atoms with E-state index < -0.39 is 24.4 Å². The number of amides is 2. The molecule has 154 valence electrons. The van der Waals surface area contributed by atoms with Gasteiger partial charge >= 0.3 is 5.97 Å². The van der Waals surface area contributed by atoms with E-state index >= 15 is 0 Å². The van der Waals surface area contributed by atoms with Crippen LogP contribution in [0.4, 0.5) is 4.39 Å². The van der Waals surface area contributed by atoms with Crippen LogP contribution in [-0.2, 0) is 9.53 Å². The van der Waals surface area contributed by atoms with Crippen molar-refractivity contribution in [1.29, 1.82) is 0 Å². The number of benzene rings is 2. The van der Waals surface area contributed by atoms with Crippen LogP contribution in [0, 0.1) is 5.82 Å². The van der Waals surface area contributed by atoms with Crippen LogP contribution in [0.3, 0.4) is 0 Å². The Balaban J connectivity index is 1.46. The van der Waals surface area contributed by atoms with E-state index in [1.165, 1.54) is 31.4 Å². The van der Waals surface area contributed by atoms with Crippen molar-refractivity contribution in [3.8, 4) is 16.2 Å². The van der Waals surface area contributed by atoms with Gasteiger partial charge in [0.25, 0.3) is 11.8 Å². The standard InChI is InChI=1S/C21H17FN2O5S/c1-28-16-8-4-14(5-9-16)20(26)24-23-19(25)12-29-21(27)18-11-10-17(30-18)13-2-6-15(22)7-3-13/h2-11H,12H2,1H3,(H,23,25)(H,24,26). The molecule has 0 spiro atoms. The first-order valence-corrected chi connectivity index (χ1v) is 9.54. The number of ether oxygens (including phenoxy) is 2. The minimum absolute atomic E-state index is 0.296. The summed E-state index contributed by atoms with van der Waals surface area (Å²) in [6, 6.07) is 15.4. The van der Waals surface area contributed by atoms with Crippen LogP contribution in [0.15, 0.2) is 60.7 Å². The van der Waals surface area contributed by atoms with Gasteiger partial charge < -0.3 is 9.47 Å². The Morgan fingerprint density at radius 3 is 2.30 bits per heavy atom. The molecule has 3 aromatic rings. The quantitative estimate of drug-likeness (QED) is 0.465. The Bertz CT molecular complexity index is 1050. The van der Waals surface area contributed by atoms with Crippen molar-refractivity contribution in [3.63, 3.8) is 0 Å². The first-order valence-electron chi connectivity index (χ1n) is 8.72. The molecular formula is C21H17FN2O5S. The molecule has 1 aromatic heterocycles. The first kappa shape index (κ1) is 21.0. The SMILES string of the molecule is COc1ccc(C(=O)NNC(=O)COC(=O)c2ccc(-c3ccc(F)cc3)s2)cc1. The van der Waals surface area contributed by atoms with Gasteiger partial charge in [0.15, 0.2) is 6.61 Å². The summed E-state index contributed by atoms with van der Waals surface area (Å²) in [7, 11) is 1.51. The topological polar surface area (TPSA) is 93.7 Å². The number of carbonyl (C=O) groups is 3. The highest BCUT2D eigenvalue weighted by atomic mass is 32.1. The van der Waals surface area contributed by atoms with Crippen molar-refractivity contribution >= 4 is 29.1 Å². The van der Waals surface area contributed by atoms with E-state index in [4.69, 9.17) is 9.47 Å². The van der Waals surface area contributed by atoms with Crippen LogP contribution in [0.5, 0.6) is 5.75 Å². The predicted molar refractivity (Wildman–Crippen MR) is 109 cm³/mol. The summed E-state index contributed by atoms with van der Waals surface area (Å²) in [5, 5.41) is 0. The molecule has 1 heterocycles. The normalized spacial score (nSPS) is 10.2. The third-order valence-corrected chi connectivity index (χ3v) is 5.05. The van der Waals surface area contributed by atoms with Crippen LogP contribution in [0.25, 0.3) is 10.4 Å². The molecule has 0 saturated carbocycles. The zero-order valence-corrected chi connectivity index (χ0v) is 16.6. The number of rotatable bonds is 6. The second-order valence-corrected chi connectivity index (χ2v) is 7.06. The number of hydrogen-bond donors (Lipinski definition) is 2. The number of thiophene rings is 1. The highest BCUT2D eigenvalue weighted by Gasteiger charge is 2.14. The zero-order chi connectivity index (χ0) is 21.5. The number of esters is 1. The highest BCUT2D eigenvalue weighted by Crippen LogP contribution is 2.28. The molecule has 7 nitrogen and oxygen atoms in total. The molecule has 0 bridgehead atoms. The third kappa shape index (κ3) is 5.42. The van der Waals surface area contributed by atoms with Crippen LogP contribution in [0.1, 0.15) is 20.0 Å². The van der Waals surface area contributed by atoms with E-state index in [0.29, 0.717) is 16.2 Å². The van der Waals surface area contributed by atoms with E-state index in [9.17, 15) is 18.8 Å². The Hall–Kier alpha value is -3.72. The lowest BCUT2D eigenvalue weighted by Crippen LogP contribution is -2.43. The van der Waals surface area contributed by atoms with Gasteiger partial charge in [-0.05, 0) is 54.1 Å². The molecule has 0 aliphatic carbocycles. The minimum atomic E-state index is -0.694. The highest BCUT2D eigenvalue weighted by molar-refractivity contribution is 7.17. The van der Waals surface area contributed by atoms with Gasteiger partial charge in [-0.3, -0.25) is 20.4 Å². The lowest BCUT2D eigenvalue weighted by atomic mass is 10.2. The summed E-state index contributed by atoms with van der Waals surface area (Å²) >= 11 is 1.16. The molecule has 0 saturated heterocycles. The molecule has 0 unspecified atom stereocenters. The van der Waals surface area contributed by atoms with Gasteiger partial charge in [0.1, 0.15) is 16.4 Å². The number of hydrogen-bond acceptors (Lipinski definition) is 6.